The number of aliphatic carboxylic acids is 2. The Morgan fingerprint density at radius 3 is 2.07 bits per heavy atom. The molecule has 0 heterocycles. The molecule has 1 unspecified atom stereocenters. The summed E-state index contributed by atoms with van der Waals surface area (Å²) in [7, 11) is 1.34. The number of carboxylic acids is 2. The van der Waals surface area contributed by atoms with Crippen molar-refractivity contribution < 1.29 is 24.6 Å². The van der Waals surface area contributed by atoms with Crippen LogP contribution in [0.4, 0.5) is 0 Å². The maximum Gasteiger partial charge on any atom is 0.326 e. The smallest absolute Gasteiger partial charge is 0.326 e. The van der Waals surface area contributed by atoms with Crippen molar-refractivity contribution in [2.75, 3.05) is 7.05 Å². The third kappa shape index (κ3) is 3.88. The summed E-state index contributed by atoms with van der Waals surface area (Å²) in [5.41, 5.74) is 0. The lowest BCUT2D eigenvalue weighted by Crippen LogP contribution is -2.40. The maximum atomic E-state index is 11.2. The second-order valence-electron chi connectivity index (χ2n) is 2.91. The van der Waals surface area contributed by atoms with E-state index in [4.69, 9.17) is 10.2 Å². The number of rotatable bonds is 5. The highest BCUT2D eigenvalue weighted by Gasteiger charge is 2.21. The second kappa shape index (κ2) is 5.21. The largest absolute Gasteiger partial charge is 0.481 e. The van der Waals surface area contributed by atoms with Crippen molar-refractivity contribution in [3.63, 3.8) is 0 Å². The lowest BCUT2D eigenvalue weighted by atomic mass is 10.2. The van der Waals surface area contributed by atoms with E-state index >= 15 is 0 Å². The Morgan fingerprint density at radius 2 is 1.71 bits per heavy atom. The second-order valence-corrected chi connectivity index (χ2v) is 2.91. The molecule has 0 spiro atoms. The minimum Gasteiger partial charge on any atom is -0.481 e. The van der Waals surface area contributed by atoms with E-state index in [9.17, 15) is 14.4 Å². The number of carboxylic acid groups (broad SMARTS) is 2. The summed E-state index contributed by atoms with van der Waals surface area (Å²) in [6.45, 7) is 1.36. The molecule has 0 aliphatic carbocycles. The molecule has 1 amide bonds. The molecular formula is C8H13NO5. The van der Waals surface area contributed by atoms with Gasteiger partial charge in [0.25, 0.3) is 0 Å². The van der Waals surface area contributed by atoms with Crippen LogP contribution in [0.2, 0.25) is 0 Å². The van der Waals surface area contributed by atoms with Crippen molar-refractivity contribution in [3.05, 3.63) is 0 Å². The van der Waals surface area contributed by atoms with Gasteiger partial charge < -0.3 is 15.1 Å². The predicted octanol–water partition coefficient (Wildman–Crippen LogP) is -0.217. The number of amides is 1. The van der Waals surface area contributed by atoms with Crippen molar-refractivity contribution in [2.45, 2.75) is 25.8 Å². The van der Waals surface area contributed by atoms with Crippen LogP contribution in [-0.2, 0) is 14.4 Å². The first-order valence-corrected chi connectivity index (χ1v) is 4.06. The van der Waals surface area contributed by atoms with E-state index in [-0.39, 0.29) is 12.8 Å². The van der Waals surface area contributed by atoms with Gasteiger partial charge >= 0.3 is 11.9 Å². The number of carbonyl (C=O) groups is 3. The Bertz CT molecular complexity index is 250. The molecular weight excluding hydrogens is 190 g/mol. The van der Waals surface area contributed by atoms with E-state index in [1.807, 2.05) is 0 Å². The number of likely N-dealkylation sites (N-methyl/N-ethyl adjacent to an activating group) is 1. The standard InChI is InChI=1S/C8H13NO5/c1-5(8(13)14)9(2)6(10)3-4-7(11)12/h5H,3-4H2,1-2H3,(H,11,12)(H,13,14). The lowest BCUT2D eigenvalue weighted by Gasteiger charge is -2.20. The van der Waals surface area contributed by atoms with Crippen LogP contribution in [0.3, 0.4) is 0 Å². The van der Waals surface area contributed by atoms with Gasteiger partial charge in [-0.25, -0.2) is 4.79 Å². The van der Waals surface area contributed by atoms with Gasteiger partial charge in [-0.05, 0) is 6.92 Å². The van der Waals surface area contributed by atoms with Crippen molar-refractivity contribution in [1.82, 2.24) is 4.90 Å². The molecule has 6 heteroatoms. The topological polar surface area (TPSA) is 94.9 Å². The first-order valence-electron chi connectivity index (χ1n) is 4.06. The first-order chi connectivity index (χ1) is 6.36. The van der Waals surface area contributed by atoms with E-state index in [0.29, 0.717) is 0 Å². The summed E-state index contributed by atoms with van der Waals surface area (Å²) in [5.74, 6) is -2.67. The van der Waals surface area contributed by atoms with E-state index in [2.05, 4.69) is 0 Å². The van der Waals surface area contributed by atoms with E-state index in [1.54, 1.807) is 0 Å². The van der Waals surface area contributed by atoms with Crippen LogP contribution >= 0.6 is 0 Å². The summed E-state index contributed by atoms with van der Waals surface area (Å²) in [6.07, 6.45) is -0.459. The van der Waals surface area contributed by atoms with Gasteiger partial charge in [0.1, 0.15) is 6.04 Å². The highest BCUT2D eigenvalue weighted by atomic mass is 16.4. The van der Waals surface area contributed by atoms with Gasteiger partial charge in [0.2, 0.25) is 5.91 Å². The first kappa shape index (κ1) is 12.4. The third-order valence-electron chi connectivity index (χ3n) is 1.88. The minimum absolute atomic E-state index is 0.177. The Labute approximate surface area is 81.1 Å². The van der Waals surface area contributed by atoms with E-state index in [0.717, 1.165) is 4.90 Å². The molecule has 0 bridgehead atoms. The zero-order chi connectivity index (χ0) is 11.3. The molecule has 1 atom stereocenters. The fourth-order valence-corrected chi connectivity index (χ4v) is 0.772. The molecule has 80 valence electrons. The lowest BCUT2D eigenvalue weighted by molar-refractivity contribution is -0.148. The fourth-order valence-electron chi connectivity index (χ4n) is 0.772. The zero-order valence-corrected chi connectivity index (χ0v) is 8.06. The highest BCUT2D eigenvalue weighted by molar-refractivity contribution is 5.85. The van der Waals surface area contributed by atoms with Gasteiger partial charge in [0, 0.05) is 13.5 Å². The van der Waals surface area contributed by atoms with Gasteiger partial charge in [0.05, 0.1) is 6.42 Å². The third-order valence-corrected chi connectivity index (χ3v) is 1.88. The molecule has 0 fully saturated rings. The number of nitrogens with zero attached hydrogens (tertiary/aromatic N) is 1. The SMILES string of the molecule is CC(C(=O)O)N(C)C(=O)CCC(=O)O. The van der Waals surface area contributed by atoms with Crippen LogP contribution < -0.4 is 0 Å². The van der Waals surface area contributed by atoms with E-state index in [1.165, 1.54) is 14.0 Å². The Hall–Kier alpha value is -1.59. The van der Waals surface area contributed by atoms with Crippen molar-refractivity contribution >= 4 is 17.8 Å². The molecule has 0 aromatic rings. The molecule has 0 rings (SSSR count). The molecule has 0 aromatic carbocycles. The van der Waals surface area contributed by atoms with Crippen molar-refractivity contribution in [2.24, 2.45) is 0 Å². The summed E-state index contributed by atoms with van der Waals surface area (Å²) in [6, 6.07) is -0.934. The van der Waals surface area contributed by atoms with Gasteiger partial charge in [-0.1, -0.05) is 0 Å². The van der Waals surface area contributed by atoms with Gasteiger partial charge in [-0.2, -0.15) is 0 Å². The summed E-state index contributed by atoms with van der Waals surface area (Å²) >= 11 is 0. The van der Waals surface area contributed by atoms with Gasteiger partial charge in [-0.3, -0.25) is 9.59 Å². The Morgan fingerprint density at radius 1 is 1.21 bits per heavy atom. The molecule has 0 aliphatic heterocycles. The zero-order valence-electron chi connectivity index (χ0n) is 8.06. The molecule has 0 radical (unpaired) electrons. The Balaban J connectivity index is 4.11. The maximum absolute atomic E-state index is 11.2. The number of carbonyl (C=O) groups excluding carboxylic acids is 1. The van der Waals surface area contributed by atoms with Crippen LogP contribution in [0.1, 0.15) is 19.8 Å². The molecule has 14 heavy (non-hydrogen) atoms. The fraction of sp³-hybridized carbons (Fsp3) is 0.625. The summed E-state index contributed by atoms with van der Waals surface area (Å²) < 4.78 is 0. The average molecular weight is 203 g/mol. The predicted molar refractivity (Wildman–Crippen MR) is 46.7 cm³/mol. The molecule has 0 aromatic heterocycles. The Kier molecular flexibility index (Phi) is 4.62. The van der Waals surface area contributed by atoms with Gasteiger partial charge in [0.15, 0.2) is 0 Å². The molecule has 0 aliphatic rings. The molecule has 0 saturated heterocycles. The van der Waals surface area contributed by atoms with Crippen LogP contribution in [-0.4, -0.2) is 46.0 Å². The minimum atomic E-state index is -1.11. The van der Waals surface area contributed by atoms with Crippen LogP contribution in [0.5, 0.6) is 0 Å². The number of hydrogen-bond acceptors (Lipinski definition) is 3. The summed E-state index contributed by atoms with van der Waals surface area (Å²) in [4.78, 5) is 32.8. The van der Waals surface area contributed by atoms with Crippen molar-refractivity contribution in [3.8, 4) is 0 Å². The molecule has 6 nitrogen and oxygen atoms in total. The normalized spacial score (nSPS) is 11.9. The van der Waals surface area contributed by atoms with E-state index < -0.39 is 23.9 Å². The highest BCUT2D eigenvalue weighted by Crippen LogP contribution is 2.01. The van der Waals surface area contributed by atoms with Gasteiger partial charge in [-0.15, -0.1) is 0 Å². The van der Waals surface area contributed by atoms with Crippen molar-refractivity contribution in [1.29, 1.82) is 0 Å². The summed E-state index contributed by atoms with van der Waals surface area (Å²) in [5, 5.41) is 16.9. The molecule has 0 saturated carbocycles. The quantitative estimate of drug-likeness (QED) is 0.644. The monoisotopic (exact) mass is 203 g/mol. The van der Waals surface area contributed by atoms with Crippen LogP contribution in [0.15, 0.2) is 0 Å². The molecule has 2 N–H and O–H groups in total. The van der Waals surface area contributed by atoms with Crippen LogP contribution in [0.25, 0.3) is 0 Å². The van der Waals surface area contributed by atoms with Crippen LogP contribution in [0, 0.1) is 0 Å². The average Bonchev–Trinajstić information content (AvgIpc) is 2.11. The number of hydrogen-bond donors (Lipinski definition) is 2.